The maximum atomic E-state index is 12.8. The molecule has 0 radical (unpaired) electrons. The molecule has 1 atom stereocenters. The fourth-order valence-electron chi connectivity index (χ4n) is 3.38. The lowest BCUT2D eigenvalue weighted by atomic mass is 9.78. The van der Waals surface area contributed by atoms with E-state index in [1.807, 2.05) is 12.1 Å². The smallest absolute Gasteiger partial charge is 0.183 e. The van der Waals surface area contributed by atoms with Crippen LogP contribution in [0.3, 0.4) is 0 Å². The van der Waals surface area contributed by atoms with Gasteiger partial charge in [-0.2, -0.15) is 0 Å². The molecule has 1 aliphatic carbocycles. The molecule has 0 saturated heterocycles. The van der Waals surface area contributed by atoms with E-state index < -0.39 is 15.4 Å². The molecule has 4 aliphatic rings. The van der Waals surface area contributed by atoms with E-state index in [1.165, 1.54) is 6.07 Å². The van der Waals surface area contributed by atoms with Crippen molar-refractivity contribution in [2.45, 2.75) is 29.9 Å². The summed E-state index contributed by atoms with van der Waals surface area (Å²) in [6.45, 7) is 0.268. The van der Waals surface area contributed by atoms with Crippen LogP contribution < -0.4 is 10.5 Å². The Kier molecular flexibility index (Phi) is 3.30. The van der Waals surface area contributed by atoms with Crippen molar-refractivity contribution in [3.8, 4) is 5.75 Å². The second-order valence-electron chi connectivity index (χ2n) is 6.50. The summed E-state index contributed by atoms with van der Waals surface area (Å²) in [5, 5.41) is 0. The van der Waals surface area contributed by atoms with Gasteiger partial charge in [0.25, 0.3) is 0 Å². The van der Waals surface area contributed by atoms with Gasteiger partial charge in [0.2, 0.25) is 0 Å². The highest BCUT2D eigenvalue weighted by molar-refractivity contribution is 7.91. The van der Waals surface area contributed by atoms with Crippen LogP contribution in [0.4, 0.5) is 0 Å². The Bertz CT molecular complexity index is 951. The first kappa shape index (κ1) is 15.4. The Morgan fingerprint density at radius 1 is 1.12 bits per heavy atom. The van der Waals surface area contributed by atoms with Crippen LogP contribution in [0.5, 0.6) is 5.75 Å². The monoisotopic (exact) mass is 343 g/mol. The van der Waals surface area contributed by atoms with Crippen molar-refractivity contribution in [1.29, 1.82) is 0 Å². The lowest BCUT2D eigenvalue weighted by molar-refractivity contribution is 0.0884. The Labute approximate surface area is 140 Å². The van der Waals surface area contributed by atoms with E-state index in [1.54, 1.807) is 24.3 Å². The van der Waals surface area contributed by atoms with E-state index in [0.29, 0.717) is 24.2 Å². The molecular formula is C18H17NO4S. The SMILES string of the molecule is NC12CCc3cc(ccc3C1=O)OCc1cccc(c1)S(=O)(=O)C2. The minimum Gasteiger partial charge on any atom is -0.489 e. The highest BCUT2D eigenvalue weighted by Gasteiger charge is 2.43. The summed E-state index contributed by atoms with van der Waals surface area (Å²) in [5.74, 6) is -0.0301. The summed E-state index contributed by atoms with van der Waals surface area (Å²) in [5.41, 5.74) is 7.00. The van der Waals surface area contributed by atoms with Crippen LogP contribution >= 0.6 is 0 Å². The summed E-state index contributed by atoms with van der Waals surface area (Å²) >= 11 is 0. The van der Waals surface area contributed by atoms with Gasteiger partial charge >= 0.3 is 0 Å². The third kappa shape index (κ3) is 2.42. The maximum Gasteiger partial charge on any atom is 0.183 e. The number of sulfone groups is 1. The quantitative estimate of drug-likeness (QED) is 0.789. The molecule has 0 saturated carbocycles. The van der Waals surface area contributed by atoms with Gasteiger partial charge in [-0.25, -0.2) is 8.42 Å². The minimum atomic E-state index is -3.67. The lowest BCUT2D eigenvalue weighted by Crippen LogP contribution is -2.55. The zero-order valence-corrected chi connectivity index (χ0v) is 13.8. The van der Waals surface area contributed by atoms with Crippen LogP contribution in [-0.2, 0) is 22.9 Å². The Hall–Kier alpha value is -2.18. The number of carbonyl (C=O) groups excluding carboxylic acids is 1. The van der Waals surface area contributed by atoms with E-state index in [0.717, 1.165) is 11.1 Å². The molecule has 1 unspecified atom stereocenters. The topological polar surface area (TPSA) is 86.5 Å². The molecule has 6 bridgehead atoms. The van der Waals surface area contributed by atoms with Gasteiger partial charge in [-0.05, 0) is 54.3 Å². The predicted molar refractivity (Wildman–Crippen MR) is 88.8 cm³/mol. The molecule has 6 heteroatoms. The van der Waals surface area contributed by atoms with Crippen molar-refractivity contribution < 1.29 is 17.9 Å². The van der Waals surface area contributed by atoms with E-state index in [9.17, 15) is 13.2 Å². The summed E-state index contributed by atoms with van der Waals surface area (Å²) in [6, 6.07) is 11.9. The molecular weight excluding hydrogens is 326 g/mol. The van der Waals surface area contributed by atoms with Gasteiger partial charge in [0, 0.05) is 5.56 Å². The molecule has 3 heterocycles. The molecule has 0 spiro atoms. The number of ketones is 1. The molecule has 0 aromatic heterocycles. The van der Waals surface area contributed by atoms with E-state index in [4.69, 9.17) is 10.5 Å². The normalized spacial score (nSPS) is 24.6. The zero-order chi connectivity index (χ0) is 16.9. The number of rotatable bonds is 0. The van der Waals surface area contributed by atoms with Crippen LogP contribution in [0.25, 0.3) is 0 Å². The van der Waals surface area contributed by atoms with Gasteiger partial charge in [-0.15, -0.1) is 0 Å². The number of hydrogen-bond acceptors (Lipinski definition) is 5. The Morgan fingerprint density at radius 3 is 2.79 bits per heavy atom. The number of Topliss-reactive ketones (excluding diaryl/α,β-unsaturated/α-hetero) is 1. The third-order valence-corrected chi connectivity index (χ3v) is 6.59. The molecule has 0 fully saturated rings. The average Bonchev–Trinajstić information content (AvgIpc) is 2.56. The number of nitrogens with two attached hydrogens (primary N) is 1. The largest absolute Gasteiger partial charge is 0.489 e. The number of fused-ring (bicyclic) bond motifs is 2. The number of hydrogen-bond donors (Lipinski definition) is 1. The third-order valence-electron chi connectivity index (χ3n) is 4.72. The highest BCUT2D eigenvalue weighted by Crippen LogP contribution is 2.33. The molecule has 0 amide bonds. The van der Waals surface area contributed by atoms with Crippen molar-refractivity contribution in [3.63, 3.8) is 0 Å². The van der Waals surface area contributed by atoms with Crippen LogP contribution in [-0.4, -0.2) is 25.5 Å². The fourth-order valence-corrected chi connectivity index (χ4v) is 5.12. The summed E-state index contributed by atoms with van der Waals surface area (Å²) in [4.78, 5) is 13.0. The Balaban J connectivity index is 1.92. The zero-order valence-electron chi connectivity index (χ0n) is 13.0. The Morgan fingerprint density at radius 2 is 1.96 bits per heavy atom. The van der Waals surface area contributed by atoms with Crippen LogP contribution in [0.2, 0.25) is 0 Å². The highest BCUT2D eigenvalue weighted by atomic mass is 32.2. The van der Waals surface area contributed by atoms with Crippen LogP contribution in [0, 0.1) is 0 Å². The van der Waals surface area contributed by atoms with Crippen molar-refractivity contribution in [1.82, 2.24) is 0 Å². The average molecular weight is 343 g/mol. The van der Waals surface area contributed by atoms with Crippen molar-refractivity contribution in [2.24, 2.45) is 5.73 Å². The van der Waals surface area contributed by atoms with Crippen molar-refractivity contribution in [2.75, 3.05) is 5.75 Å². The van der Waals surface area contributed by atoms with Gasteiger partial charge in [0.15, 0.2) is 15.6 Å². The van der Waals surface area contributed by atoms with Crippen LogP contribution in [0.15, 0.2) is 47.4 Å². The van der Waals surface area contributed by atoms with Gasteiger partial charge in [-0.1, -0.05) is 12.1 Å². The minimum absolute atomic E-state index is 0.175. The molecule has 2 aromatic rings. The van der Waals surface area contributed by atoms with Gasteiger partial charge < -0.3 is 10.5 Å². The first-order valence-corrected chi connectivity index (χ1v) is 9.44. The van der Waals surface area contributed by atoms with E-state index in [2.05, 4.69) is 0 Å². The second kappa shape index (κ2) is 5.16. The maximum absolute atomic E-state index is 12.8. The summed E-state index contributed by atoms with van der Waals surface area (Å²) in [6.07, 6.45) is 0.864. The molecule has 124 valence electrons. The van der Waals surface area contributed by atoms with Gasteiger partial charge in [0.1, 0.15) is 12.4 Å². The number of ether oxygens (including phenoxy) is 1. The number of benzene rings is 2. The lowest BCUT2D eigenvalue weighted by Gasteiger charge is -2.32. The standard InChI is InChI=1S/C18H17NO4S/c19-18-7-6-13-9-14(4-5-16(13)17(18)20)23-10-12-2-1-3-15(8-12)24(21,22)11-18/h1-5,8-9H,6-7,10-11,19H2. The first-order valence-electron chi connectivity index (χ1n) is 7.79. The fraction of sp³-hybridized carbons (Fsp3) is 0.278. The van der Waals surface area contributed by atoms with Crippen molar-refractivity contribution in [3.05, 3.63) is 59.2 Å². The molecule has 24 heavy (non-hydrogen) atoms. The van der Waals surface area contributed by atoms with E-state index in [-0.39, 0.29) is 23.0 Å². The second-order valence-corrected chi connectivity index (χ2v) is 8.49. The molecule has 6 rings (SSSR count). The predicted octanol–water partition coefficient (Wildman–Crippen LogP) is 1.88. The molecule has 5 nitrogen and oxygen atoms in total. The van der Waals surface area contributed by atoms with Crippen molar-refractivity contribution >= 4 is 15.6 Å². The van der Waals surface area contributed by atoms with Gasteiger partial charge in [-0.3, -0.25) is 4.79 Å². The number of aryl methyl sites for hydroxylation is 1. The van der Waals surface area contributed by atoms with E-state index >= 15 is 0 Å². The summed E-state index contributed by atoms with van der Waals surface area (Å²) < 4.78 is 31.3. The number of carbonyl (C=O) groups is 1. The summed E-state index contributed by atoms with van der Waals surface area (Å²) in [7, 11) is -3.67. The van der Waals surface area contributed by atoms with Crippen LogP contribution in [0.1, 0.15) is 27.9 Å². The molecule has 3 aliphatic heterocycles. The molecule has 2 N–H and O–H groups in total. The van der Waals surface area contributed by atoms with Gasteiger partial charge in [0.05, 0.1) is 16.2 Å². The first-order chi connectivity index (χ1) is 11.4. The molecule has 2 aromatic carbocycles.